The minimum atomic E-state index is -0.639. The number of nitro benzene ring substituents is 1. The Hall–Kier alpha value is -2.63. The van der Waals surface area contributed by atoms with Crippen LogP contribution < -0.4 is 10.6 Å². The number of rotatable bonds is 4. The van der Waals surface area contributed by atoms with Gasteiger partial charge in [-0.25, -0.2) is 0 Å². The molecule has 2 N–H and O–H groups in total. The van der Waals surface area contributed by atoms with Gasteiger partial charge in [-0.15, -0.1) is 0 Å². The van der Waals surface area contributed by atoms with Gasteiger partial charge < -0.3 is 15.5 Å². The van der Waals surface area contributed by atoms with E-state index in [0.29, 0.717) is 13.1 Å². The van der Waals surface area contributed by atoms with E-state index < -0.39 is 10.8 Å². The Morgan fingerprint density at radius 3 is 2.78 bits per heavy atom. The Bertz CT molecular complexity index is 692. The monoisotopic (exact) mass is 335 g/mol. The summed E-state index contributed by atoms with van der Waals surface area (Å²) in [6.07, 6.45) is 1.50. The number of benzene rings is 1. The lowest BCUT2D eigenvalue weighted by molar-refractivity contribution is -0.384. The maximum Gasteiger partial charge on any atom is 0.289 e. The fraction of sp³-hybridized carbons (Fsp3) is 0.286. The molecule has 0 saturated carbocycles. The fourth-order valence-corrected chi connectivity index (χ4v) is 2.25. The molecule has 0 spiro atoms. The average Bonchev–Trinajstić information content (AvgIpc) is 2.55. The van der Waals surface area contributed by atoms with Crippen molar-refractivity contribution in [3.8, 4) is 6.07 Å². The minimum absolute atomic E-state index is 0.0233. The number of nitrogens with one attached hydrogen (secondary N) is 2. The second-order valence-corrected chi connectivity index (χ2v) is 5.23. The molecule has 2 rings (SSSR count). The van der Waals surface area contributed by atoms with E-state index in [9.17, 15) is 14.9 Å². The predicted molar refractivity (Wildman–Crippen MR) is 84.9 cm³/mol. The highest BCUT2D eigenvalue weighted by Gasteiger charge is 2.16. The number of halogens is 1. The van der Waals surface area contributed by atoms with E-state index in [1.54, 1.807) is 0 Å². The molecule has 0 aliphatic carbocycles. The van der Waals surface area contributed by atoms with Gasteiger partial charge in [-0.3, -0.25) is 14.9 Å². The molecular formula is C14H14ClN5O3. The molecule has 1 fully saturated rings. The van der Waals surface area contributed by atoms with E-state index >= 15 is 0 Å². The van der Waals surface area contributed by atoms with Crippen LogP contribution in [-0.4, -0.2) is 41.9 Å². The first-order chi connectivity index (χ1) is 11.0. The second kappa shape index (κ2) is 7.58. The first-order valence-corrected chi connectivity index (χ1v) is 7.21. The third kappa shape index (κ3) is 4.42. The Balaban J connectivity index is 2.13. The summed E-state index contributed by atoms with van der Waals surface area (Å²) in [5, 5.41) is 25.6. The van der Waals surface area contributed by atoms with E-state index in [0.717, 1.165) is 19.2 Å². The lowest BCUT2D eigenvalue weighted by Gasteiger charge is -2.26. The molecule has 1 aromatic carbocycles. The van der Waals surface area contributed by atoms with Gasteiger partial charge in [0.15, 0.2) is 0 Å². The number of nitrogens with zero attached hydrogens (tertiary/aromatic N) is 3. The third-order valence-electron chi connectivity index (χ3n) is 3.23. The molecule has 8 nitrogen and oxygen atoms in total. The van der Waals surface area contributed by atoms with Crippen LogP contribution in [0, 0.1) is 21.4 Å². The number of hydrogen-bond donors (Lipinski definition) is 2. The number of hydrogen-bond acceptors (Lipinski definition) is 6. The van der Waals surface area contributed by atoms with Crippen LogP contribution in [0.1, 0.15) is 0 Å². The zero-order valence-electron chi connectivity index (χ0n) is 12.1. The van der Waals surface area contributed by atoms with Crippen LogP contribution >= 0.6 is 11.6 Å². The summed E-state index contributed by atoms with van der Waals surface area (Å²) in [4.78, 5) is 24.2. The second-order valence-electron chi connectivity index (χ2n) is 4.82. The molecular weight excluding hydrogens is 322 g/mol. The van der Waals surface area contributed by atoms with Crippen LogP contribution in [0.3, 0.4) is 0 Å². The van der Waals surface area contributed by atoms with Crippen molar-refractivity contribution >= 4 is 28.9 Å². The average molecular weight is 336 g/mol. The van der Waals surface area contributed by atoms with Crippen molar-refractivity contribution in [2.75, 3.05) is 31.5 Å². The Morgan fingerprint density at radius 2 is 2.17 bits per heavy atom. The topological polar surface area (TPSA) is 111 Å². The van der Waals surface area contributed by atoms with E-state index in [-0.39, 0.29) is 22.0 Å². The number of carbonyl (C=O) groups is 1. The number of piperazine rings is 1. The summed E-state index contributed by atoms with van der Waals surface area (Å²) < 4.78 is 0. The van der Waals surface area contributed by atoms with Crippen LogP contribution in [0.25, 0.3) is 0 Å². The standard InChI is InChI=1S/C14H14ClN5O3/c15-12-2-1-11(7-13(12)20(22)23)18-14(21)10(8-16)9-19-5-3-17-4-6-19/h1-2,7,9,17H,3-6H2,(H,18,21)/b10-9-. The summed E-state index contributed by atoms with van der Waals surface area (Å²) in [6.45, 7) is 2.95. The van der Waals surface area contributed by atoms with Crippen LogP contribution in [-0.2, 0) is 4.79 Å². The molecule has 1 aromatic rings. The molecule has 1 heterocycles. The predicted octanol–water partition coefficient (Wildman–Crippen LogP) is 1.50. The van der Waals surface area contributed by atoms with E-state index in [2.05, 4.69) is 10.6 Å². The van der Waals surface area contributed by atoms with E-state index in [1.807, 2.05) is 11.0 Å². The molecule has 120 valence electrons. The highest BCUT2D eigenvalue weighted by atomic mass is 35.5. The third-order valence-corrected chi connectivity index (χ3v) is 3.55. The van der Waals surface area contributed by atoms with Crippen LogP contribution in [0.5, 0.6) is 0 Å². The molecule has 0 atom stereocenters. The highest BCUT2D eigenvalue weighted by molar-refractivity contribution is 6.32. The molecule has 0 aromatic heterocycles. The maximum atomic E-state index is 12.1. The molecule has 0 radical (unpaired) electrons. The summed E-state index contributed by atoms with van der Waals surface area (Å²) in [6, 6.07) is 5.76. The van der Waals surface area contributed by atoms with Gasteiger partial charge in [0.05, 0.1) is 4.92 Å². The summed E-state index contributed by atoms with van der Waals surface area (Å²) >= 11 is 5.72. The van der Waals surface area contributed by atoms with Gasteiger partial charge in [0.2, 0.25) is 0 Å². The van der Waals surface area contributed by atoms with Crippen molar-refractivity contribution in [1.82, 2.24) is 10.2 Å². The number of nitriles is 1. The minimum Gasteiger partial charge on any atom is -0.374 e. The van der Waals surface area contributed by atoms with Gasteiger partial charge in [0, 0.05) is 44.1 Å². The lowest BCUT2D eigenvalue weighted by atomic mass is 10.2. The lowest BCUT2D eigenvalue weighted by Crippen LogP contribution is -2.41. The van der Waals surface area contributed by atoms with Gasteiger partial charge in [0.1, 0.15) is 16.7 Å². The zero-order chi connectivity index (χ0) is 16.8. The summed E-state index contributed by atoms with van der Waals surface area (Å²) in [5.74, 6) is -0.623. The molecule has 9 heteroatoms. The molecule has 0 unspecified atom stereocenters. The van der Waals surface area contributed by atoms with Crippen molar-refractivity contribution in [2.45, 2.75) is 0 Å². The molecule has 0 bridgehead atoms. The molecule has 1 aliphatic rings. The SMILES string of the molecule is N#C/C(=C/N1CCNCC1)C(=O)Nc1ccc(Cl)c([N+](=O)[O-])c1. The van der Waals surface area contributed by atoms with Crippen molar-refractivity contribution in [3.63, 3.8) is 0 Å². The first-order valence-electron chi connectivity index (χ1n) is 6.83. The Morgan fingerprint density at radius 1 is 1.48 bits per heavy atom. The highest BCUT2D eigenvalue weighted by Crippen LogP contribution is 2.27. The molecule has 23 heavy (non-hydrogen) atoms. The number of amides is 1. The van der Waals surface area contributed by atoms with Gasteiger partial charge in [-0.2, -0.15) is 5.26 Å². The van der Waals surface area contributed by atoms with Crippen LogP contribution in [0.4, 0.5) is 11.4 Å². The number of carbonyl (C=O) groups excluding carboxylic acids is 1. The van der Waals surface area contributed by atoms with Gasteiger partial charge >= 0.3 is 0 Å². The quantitative estimate of drug-likeness (QED) is 0.373. The largest absolute Gasteiger partial charge is 0.374 e. The summed E-state index contributed by atoms with van der Waals surface area (Å²) in [5.41, 5.74) is -0.175. The zero-order valence-corrected chi connectivity index (χ0v) is 12.8. The van der Waals surface area contributed by atoms with Crippen LogP contribution in [0.15, 0.2) is 30.0 Å². The van der Waals surface area contributed by atoms with Crippen molar-refractivity contribution in [3.05, 3.63) is 45.1 Å². The van der Waals surface area contributed by atoms with Gasteiger partial charge in [-0.1, -0.05) is 11.6 Å². The summed E-state index contributed by atoms with van der Waals surface area (Å²) in [7, 11) is 0. The van der Waals surface area contributed by atoms with Crippen molar-refractivity contribution in [2.24, 2.45) is 0 Å². The smallest absolute Gasteiger partial charge is 0.289 e. The molecule has 1 saturated heterocycles. The molecule has 1 amide bonds. The normalized spacial score (nSPS) is 15.0. The van der Waals surface area contributed by atoms with Gasteiger partial charge in [0.25, 0.3) is 11.6 Å². The number of anilines is 1. The maximum absolute atomic E-state index is 12.1. The Labute approximate surface area is 137 Å². The van der Waals surface area contributed by atoms with Crippen molar-refractivity contribution < 1.29 is 9.72 Å². The first kappa shape index (κ1) is 16.7. The van der Waals surface area contributed by atoms with E-state index in [1.165, 1.54) is 18.3 Å². The van der Waals surface area contributed by atoms with Crippen molar-refractivity contribution in [1.29, 1.82) is 5.26 Å². The van der Waals surface area contributed by atoms with E-state index in [4.69, 9.17) is 16.9 Å². The number of nitro groups is 1. The van der Waals surface area contributed by atoms with Gasteiger partial charge in [-0.05, 0) is 12.1 Å². The van der Waals surface area contributed by atoms with Crippen LogP contribution in [0.2, 0.25) is 5.02 Å². The Kier molecular flexibility index (Phi) is 5.51. The molecule has 1 aliphatic heterocycles. The fourth-order valence-electron chi connectivity index (χ4n) is 2.06.